The summed E-state index contributed by atoms with van der Waals surface area (Å²) in [5, 5.41) is 7.87. The van der Waals surface area contributed by atoms with Crippen LogP contribution in [-0.2, 0) is 17.8 Å². The summed E-state index contributed by atoms with van der Waals surface area (Å²) in [6, 6.07) is 28.0. The minimum atomic E-state index is 0.0300. The standard InChI is InChI=1S/C31H34N4O3/c1-23-19-26(33-35(23)27-10-4-3-5-11-27)21-31(36)32-25-15-17-34(18-16-25)22-24-9-8-12-28(20-24)38-30-14-7-6-13-29(30)37-2/h3-14,19-20,25H,15-18,21-22H2,1-2H3,(H,32,36). The van der Waals surface area contributed by atoms with Crippen molar-refractivity contribution in [2.24, 2.45) is 0 Å². The van der Waals surface area contributed by atoms with E-state index in [1.807, 2.05) is 84.4 Å². The van der Waals surface area contributed by atoms with Crippen LogP contribution in [0.1, 0.15) is 29.8 Å². The number of aromatic nitrogens is 2. The molecule has 7 heteroatoms. The number of nitrogens with one attached hydrogen (secondary N) is 1. The van der Waals surface area contributed by atoms with Crippen molar-refractivity contribution in [3.8, 4) is 22.9 Å². The second-order valence-electron chi connectivity index (χ2n) is 9.72. The average Bonchev–Trinajstić information content (AvgIpc) is 3.30. The van der Waals surface area contributed by atoms with Crippen molar-refractivity contribution in [2.45, 2.75) is 38.8 Å². The number of para-hydroxylation sites is 3. The van der Waals surface area contributed by atoms with Crippen LogP contribution in [0.5, 0.6) is 17.2 Å². The van der Waals surface area contributed by atoms with Gasteiger partial charge in [-0.2, -0.15) is 5.10 Å². The second-order valence-corrected chi connectivity index (χ2v) is 9.72. The van der Waals surface area contributed by atoms with E-state index in [4.69, 9.17) is 9.47 Å². The van der Waals surface area contributed by atoms with E-state index in [9.17, 15) is 4.79 Å². The molecular formula is C31H34N4O3. The zero-order valence-electron chi connectivity index (χ0n) is 22.0. The Kier molecular flexibility index (Phi) is 8.04. The molecule has 3 aromatic carbocycles. The van der Waals surface area contributed by atoms with Crippen molar-refractivity contribution in [1.29, 1.82) is 0 Å². The highest BCUT2D eigenvalue weighted by Gasteiger charge is 2.21. The topological polar surface area (TPSA) is 68.6 Å². The molecule has 1 amide bonds. The van der Waals surface area contributed by atoms with Gasteiger partial charge >= 0.3 is 0 Å². The Morgan fingerprint density at radius 2 is 1.68 bits per heavy atom. The van der Waals surface area contributed by atoms with Gasteiger partial charge in [0, 0.05) is 31.4 Å². The number of hydrogen-bond acceptors (Lipinski definition) is 5. The molecule has 0 unspecified atom stereocenters. The zero-order valence-corrected chi connectivity index (χ0v) is 22.0. The summed E-state index contributed by atoms with van der Waals surface area (Å²) in [5.74, 6) is 2.23. The number of rotatable bonds is 9. The van der Waals surface area contributed by atoms with Gasteiger partial charge < -0.3 is 14.8 Å². The Morgan fingerprint density at radius 3 is 2.45 bits per heavy atom. The lowest BCUT2D eigenvalue weighted by Crippen LogP contribution is -2.44. The number of hydrogen-bond donors (Lipinski definition) is 1. The van der Waals surface area contributed by atoms with Gasteiger partial charge in [-0.15, -0.1) is 0 Å². The maximum atomic E-state index is 12.7. The molecule has 0 atom stereocenters. The van der Waals surface area contributed by atoms with E-state index in [0.29, 0.717) is 17.9 Å². The number of ether oxygens (including phenoxy) is 2. The minimum Gasteiger partial charge on any atom is -0.493 e. The van der Waals surface area contributed by atoms with E-state index in [1.54, 1.807) is 7.11 Å². The van der Waals surface area contributed by atoms with E-state index in [0.717, 1.165) is 55.3 Å². The first-order valence-corrected chi connectivity index (χ1v) is 13.1. The van der Waals surface area contributed by atoms with Crippen LogP contribution >= 0.6 is 0 Å². The third-order valence-electron chi connectivity index (χ3n) is 6.83. The lowest BCUT2D eigenvalue weighted by atomic mass is 10.0. The molecule has 1 aromatic heterocycles. The van der Waals surface area contributed by atoms with E-state index in [1.165, 1.54) is 5.56 Å². The number of piperidine rings is 1. The summed E-state index contributed by atoms with van der Waals surface area (Å²) in [6.07, 6.45) is 2.15. The molecule has 0 spiro atoms. The van der Waals surface area contributed by atoms with Crippen molar-refractivity contribution in [1.82, 2.24) is 20.0 Å². The van der Waals surface area contributed by atoms with Crippen LogP contribution < -0.4 is 14.8 Å². The van der Waals surface area contributed by atoms with Gasteiger partial charge in [0.2, 0.25) is 5.91 Å². The van der Waals surface area contributed by atoms with Gasteiger partial charge in [0.05, 0.1) is 24.9 Å². The number of likely N-dealkylation sites (tertiary alicyclic amines) is 1. The summed E-state index contributed by atoms with van der Waals surface area (Å²) < 4.78 is 13.4. The molecule has 0 bridgehead atoms. The van der Waals surface area contributed by atoms with E-state index in [-0.39, 0.29) is 11.9 Å². The Balaban J connectivity index is 1.10. The molecule has 0 aliphatic carbocycles. The number of carbonyl (C=O) groups is 1. The molecule has 1 fully saturated rings. The highest BCUT2D eigenvalue weighted by Crippen LogP contribution is 2.31. The molecular weight excluding hydrogens is 476 g/mol. The molecule has 38 heavy (non-hydrogen) atoms. The molecule has 0 saturated carbocycles. The largest absolute Gasteiger partial charge is 0.493 e. The summed E-state index contributed by atoms with van der Waals surface area (Å²) >= 11 is 0. The first kappa shape index (κ1) is 25.5. The molecule has 5 rings (SSSR count). The number of benzene rings is 3. The molecule has 2 heterocycles. The van der Waals surface area contributed by atoms with Gasteiger partial charge in [-0.05, 0) is 67.8 Å². The number of methoxy groups -OCH3 is 1. The lowest BCUT2D eigenvalue weighted by molar-refractivity contribution is -0.121. The van der Waals surface area contributed by atoms with Crippen LogP contribution in [0.15, 0.2) is 84.9 Å². The van der Waals surface area contributed by atoms with Crippen molar-refractivity contribution in [3.63, 3.8) is 0 Å². The number of amides is 1. The van der Waals surface area contributed by atoms with Gasteiger partial charge in [0.25, 0.3) is 0 Å². The normalized spacial score (nSPS) is 14.3. The Bertz CT molecular complexity index is 1360. The van der Waals surface area contributed by atoms with Crippen LogP contribution in [0, 0.1) is 6.92 Å². The quantitative estimate of drug-likeness (QED) is 0.331. The fourth-order valence-corrected chi connectivity index (χ4v) is 4.93. The summed E-state index contributed by atoms with van der Waals surface area (Å²) in [7, 11) is 1.64. The van der Waals surface area contributed by atoms with Gasteiger partial charge in [-0.3, -0.25) is 9.69 Å². The highest BCUT2D eigenvalue weighted by molar-refractivity contribution is 5.78. The Labute approximate surface area is 224 Å². The van der Waals surface area contributed by atoms with Crippen molar-refractivity contribution < 1.29 is 14.3 Å². The van der Waals surface area contributed by atoms with Crippen LogP contribution in [0.25, 0.3) is 5.69 Å². The molecule has 1 saturated heterocycles. The third-order valence-corrected chi connectivity index (χ3v) is 6.83. The van der Waals surface area contributed by atoms with E-state index < -0.39 is 0 Å². The second kappa shape index (κ2) is 12.0. The van der Waals surface area contributed by atoms with Gasteiger partial charge in [0.1, 0.15) is 5.75 Å². The predicted molar refractivity (Wildman–Crippen MR) is 148 cm³/mol. The number of carbonyl (C=O) groups excluding carboxylic acids is 1. The Hall–Kier alpha value is -4.10. The van der Waals surface area contributed by atoms with Crippen LogP contribution in [0.4, 0.5) is 0 Å². The zero-order chi connectivity index (χ0) is 26.3. The summed E-state index contributed by atoms with van der Waals surface area (Å²) in [4.78, 5) is 15.2. The smallest absolute Gasteiger partial charge is 0.226 e. The summed E-state index contributed by atoms with van der Waals surface area (Å²) in [5.41, 5.74) is 4.01. The van der Waals surface area contributed by atoms with Gasteiger partial charge in [0.15, 0.2) is 11.5 Å². The number of nitrogens with zero attached hydrogens (tertiary/aromatic N) is 3. The van der Waals surface area contributed by atoms with Crippen molar-refractivity contribution >= 4 is 5.91 Å². The molecule has 7 nitrogen and oxygen atoms in total. The molecule has 0 radical (unpaired) electrons. The van der Waals surface area contributed by atoms with E-state index >= 15 is 0 Å². The predicted octanol–water partition coefficient (Wildman–Crippen LogP) is 5.30. The Morgan fingerprint density at radius 1 is 0.947 bits per heavy atom. The molecule has 1 N–H and O–H groups in total. The van der Waals surface area contributed by atoms with Crippen LogP contribution in [0.2, 0.25) is 0 Å². The fourth-order valence-electron chi connectivity index (χ4n) is 4.93. The van der Waals surface area contributed by atoms with Gasteiger partial charge in [-0.25, -0.2) is 4.68 Å². The first-order chi connectivity index (χ1) is 18.6. The number of aryl methyl sites for hydroxylation is 1. The van der Waals surface area contributed by atoms with E-state index in [2.05, 4.69) is 27.4 Å². The highest BCUT2D eigenvalue weighted by atomic mass is 16.5. The van der Waals surface area contributed by atoms with Crippen molar-refractivity contribution in [2.75, 3.05) is 20.2 Å². The molecule has 1 aliphatic rings. The van der Waals surface area contributed by atoms with Crippen LogP contribution in [0.3, 0.4) is 0 Å². The summed E-state index contributed by atoms with van der Waals surface area (Å²) in [6.45, 7) is 4.73. The monoisotopic (exact) mass is 510 g/mol. The van der Waals surface area contributed by atoms with Gasteiger partial charge in [-0.1, -0.05) is 42.5 Å². The maximum absolute atomic E-state index is 12.7. The van der Waals surface area contributed by atoms with Crippen molar-refractivity contribution in [3.05, 3.63) is 102 Å². The molecule has 1 aliphatic heterocycles. The average molecular weight is 511 g/mol. The minimum absolute atomic E-state index is 0.0300. The lowest BCUT2D eigenvalue weighted by Gasteiger charge is -2.32. The third kappa shape index (κ3) is 6.42. The molecule has 196 valence electrons. The molecule has 4 aromatic rings. The van der Waals surface area contributed by atoms with Crippen LogP contribution in [-0.4, -0.2) is 46.8 Å². The first-order valence-electron chi connectivity index (χ1n) is 13.1. The fraction of sp³-hybridized carbons (Fsp3) is 0.290. The SMILES string of the molecule is COc1ccccc1Oc1cccc(CN2CCC(NC(=O)Cc3cc(C)n(-c4ccccc4)n3)CC2)c1. The maximum Gasteiger partial charge on any atom is 0.226 e.